The monoisotopic (exact) mass is 395 g/mol. The maximum Gasteiger partial charge on any atom is 0.178 e. The highest BCUT2D eigenvalue weighted by molar-refractivity contribution is 7.91. The number of hydrogen-bond acceptors (Lipinski definition) is 4. The predicted molar refractivity (Wildman–Crippen MR) is 98.6 cm³/mol. The van der Waals surface area contributed by atoms with Crippen LogP contribution < -0.4 is 0 Å². The summed E-state index contributed by atoms with van der Waals surface area (Å²) < 4.78 is 37.7. The summed E-state index contributed by atoms with van der Waals surface area (Å²) in [6.45, 7) is 1.80. The molecular formula is C19H19ClFNO3S. The second-order valence-electron chi connectivity index (χ2n) is 6.61. The molecule has 26 heavy (non-hydrogen) atoms. The number of aldehydes is 1. The summed E-state index contributed by atoms with van der Waals surface area (Å²) in [5.74, 6) is -0.674. The summed E-state index contributed by atoms with van der Waals surface area (Å²) in [5, 5.41) is 0.619. The lowest BCUT2D eigenvalue weighted by molar-refractivity contribution is -0.109. The molecule has 2 aromatic carbocycles. The molecule has 3 rings (SSSR count). The van der Waals surface area contributed by atoms with Crippen molar-refractivity contribution in [1.29, 1.82) is 0 Å². The van der Waals surface area contributed by atoms with E-state index in [1.807, 2.05) is 12.1 Å². The van der Waals surface area contributed by atoms with Crippen LogP contribution in [0.4, 0.5) is 4.39 Å². The SMILES string of the molecule is O=CC(CN1CC(CS(=O)(=O)c2ccc(F)cc2)C1)c1ccc(Cl)cc1. The van der Waals surface area contributed by atoms with Crippen molar-refractivity contribution in [2.24, 2.45) is 5.92 Å². The maximum atomic E-state index is 12.9. The molecule has 0 amide bonds. The summed E-state index contributed by atoms with van der Waals surface area (Å²) in [7, 11) is -3.43. The Morgan fingerprint density at radius 3 is 2.31 bits per heavy atom. The van der Waals surface area contributed by atoms with Crippen molar-refractivity contribution in [3.63, 3.8) is 0 Å². The lowest BCUT2D eigenvalue weighted by atomic mass is 9.96. The van der Waals surface area contributed by atoms with E-state index in [9.17, 15) is 17.6 Å². The number of nitrogens with zero attached hydrogens (tertiary/aromatic N) is 1. The molecule has 0 spiro atoms. The van der Waals surface area contributed by atoms with Gasteiger partial charge in [0.1, 0.15) is 12.1 Å². The average Bonchev–Trinajstić information content (AvgIpc) is 2.58. The lowest BCUT2D eigenvalue weighted by Crippen LogP contribution is -2.50. The van der Waals surface area contributed by atoms with Crippen LogP contribution in [0.25, 0.3) is 0 Å². The Morgan fingerprint density at radius 2 is 1.73 bits per heavy atom. The lowest BCUT2D eigenvalue weighted by Gasteiger charge is -2.40. The number of likely N-dealkylation sites (tertiary alicyclic amines) is 1. The molecule has 7 heteroatoms. The third-order valence-electron chi connectivity index (χ3n) is 4.58. The van der Waals surface area contributed by atoms with E-state index in [0.717, 1.165) is 24.0 Å². The first-order valence-electron chi connectivity index (χ1n) is 8.29. The van der Waals surface area contributed by atoms with E-state index in [-0.39, 0.29) is 22.5 Å². The molecule has 1 saturated heterocycles. The molecule has 1 aliphatic heterocycles. The van der Waals surface area contributed by atoms with Crippen LogP contribution in [-0.2, 0) is 14.6 Å². The van der Waals surface area contributed by atoms with Crippen molar-refractivity contribution < 1.29 is 17.6 Å². The van der Waals surface area contributed by atoms with Crippen molar-refractivity contribution in [2.45, 2.75) is 10.8 Å². The average molecular weight is 396 g/mol. The van der Waals surface area contributed by atoms with Crippen molar-refractivity contribution in [2.75, 3.05) is 25.4 Å². The second-order valence-corrected chi connectivity index (χ2v) is 9.08. The predicted octanol–water partition coefficient (Wildman–Crippen LogP) is 3.17. The molecule has 0 bridgehead atoms. The van der Waals surface area contributed by atoms with E-state index in [1.54, 1.807) is 12.1 Å². The molecule has 0 radical (unpaired) electrons. The number of carbonyl (C=O) groups excluding carboxylic acids is 1. The number of sulfone groups is 1. The fourth-order valence-electron chi connectivity index (χ4n) is 3.19. The van der Waals surface area contributed by atoms with Gasteiger partial charge in [-0.25, -0.2) is 12.8 Å². The zero-order valence-corrected chi connectivity index (χ0v) is 15.6. The van der Waals surface area contributed by atoms with Gasteiger partial charge in [0, 0.05) is 24.7 Å². The van der Waals surface area contributed by atoms with Gasteiger partial charge in [-0.1, -0.05) is 23.7 Å². The minimum atomic E-state index is -3.43. The molecule has 1 heterocycles. The van der Waals surface area contributed by atoms with Gasteiger partial charge in [0.2, 0.25) is 0 Å². The first-order valence-corrected chi connectivity index (χ1v) is 10.3. The Kier molecular flexibility index (Phi) is 5.75. The molecule has 0 aromatic heterocycles. The van der Waals surface area contributed by atoms with E-state index < -0.39 is 15.7 Å². The van der Waals surface area contributed by atoms with Gasteiger partial charge in [-0.05, 0) is 47.9 Å². The summed E-state index contributed by atoms with van der Waals surface area (Å²) in [6, 6.07) is 12.1. The van der Waals surface area contributed by atoms with Crippen LogP contribution in [0.2, 0.25) is 5.02 Å². The molecule has 138 valence electrons. The van der Waals surface area contributed by atoms with Crippen molar-refractivity contribution >= 4 is 27.7 Å². The zero-order chi connectivity index (χ0) is 18.7. The van der Waals surface area contributed by atoms with Gasteiger partial charge in [-0.2, -0.15) is 0 Å². The van der Waals surface area contributed by atoms with E-state index in [2.05, 4.69) is 4.90 Å². The van der Waals surface area contributed by atoms with E-state index in [1.165, 1.54) is 12.1 Å². The number of rotatable bonds is 7. The van der Waals surface area contributed by atoms with Crippen LogP contribution >= 0.6 is 11.6 Å². The molecule has 0 aliphatic carbocycles. The van der Waals surface area contributed by atoms with Gasteiger partial charge in [0.25, 0.3) is 0 Å². The standard InChI is InChI=1S/C19H19ClFNO3S/c20-17-3-1-15(2-4-17)16(12-23)11-22-9-14(10-22)13-26(24,25)19-7-5-18(21)6-8-19/h1-8,12,14,16H,9-11,13H2. The van der Waals surface area contributed by atoms with Gasteiger partial charge in [0.05, 0.1) is 16.6 Å². The van der Waals surface area contributed by atoms with Crippen molar-refractivity contribution in [3.05, 3.63) is 64.9 Å². The van der Waals surface area contributed by atoms with Crippen molar-refractivity contribution in [1.82, 2.24) is 4.90 Å². The van der Waals surface area contributed by atoms with Gasteiger partial charge in [-0.3, -0.25) is 0 Å². The Labute approximate surface area is 157 Å². The van der Waals surface area contributed by atoms with Crippen LogP contribution in [0.15, 0.2) is 53.4 Å². The number of carbonyl (C=O) groups is 1. The molecular weight excluding hydrogens is 377 g/mol. The molecule has 2 aromatic rings. The molecule has 0 N–H and O–H groups in total. The van der Waals surface area contributed by atoms with Gasteiger partial charge in [-0.15, -0.1) is 0 Å². The van der Waals surface area contributed by atoms with E-state index in [0.29, 0.717) is 24.7 Å². The first-order chi connectivity index (χ1) is 12.4. The van der Waals surface area contributed by atoms with E-state index in [4.69, 9.17) is 11.6 Å². The fourth-order valence-corrected chi connectivity index (χ4v) is 4.90. The topological polar surface area (TPSA) is 54.5 Å². The Bertz CT molecular complexity index is 863. The molecule has 1 fully saturated rings. The van der Waals surface area contributed by atoms with Crippen LogP contribution in [0.5, 0.6) is 0 Å². The second kappa shape index (κ2) is 7.86. The highest BCUT2D eigenvalue weighted by Crippen LogP contribution is 2.25. The molecule has 1 atom stereocenters. The molecule has 1 unspecified atom stereocenters. The van der Waals surface area contributed by atoms with Crippen LogP contribution in [-0.4, -0.2) is 45.0 Å². The Morgan fingerprint density at radius 1 is 1.12 bits per heavy atom. The smallest absolute Gasteiger partial charge is 0.178 e. The summed E-state index contributed by atoms with van der Waals surface area (Å²) >= 11 is 5.87. The fraction of sp³-hybridized carbons (Fsp3) is 0.316. The van der Waals surface area contributed by atoms with Gasteiger partial charge < -0.3 is 9.69 Å². The van der Waals surface area contributed by atoms with Crippen LogP contribution in [0, 0.1) is 11.7 Å². The largest absolute Gasteiger partial charge is 0.303 e. The highest BCUT2D eigenvalue weighted by Gasteiger charge is 2.33. The van der Waals surface area contributed by atoms with Crippen LogP contribution in [0.3, 0.4) is 0 Å². The Balaban J connectivity index is 1.54. The summed E-state index contributed by atoms with van der Waals surface area (Å²) in [6.07, 6.45) is 0.909. The molecule has 0 saturated carbocycles. The van der Waals surface area contributed by atoms with E-state index >= 15 is 0 Å². The van der Waals surface area contributed by atoms with Crippen LogP contribution in [0.1, 0.15) is 11.5 Å². The van der Waals surface area contributed by atoms with Crippen molar-refractivity contribution in [3.8, 4) is 0 Å². The van der Waals surface area contributed by atoms with Gasteiger partial charge >= 0.3 is 0 Å². The third-order valence-corrected chi connectivity index (χ3v) is 6.73. The first kappa shape index (κ1) is 19.0. The molecule has 4 nitrogen and oxygen atoms in total. The normalized spacial score (nSPS) is 16.8. The minimum Gasteiger partial charge on any atom is -0.303 e. The maximum absolute atomic E-state index is 12.9. The Hall–Kier alpha value is -1.76. The number of benzene rings is 2. The number of hydrogen-bond donors (Lipinski definition) is 0. The highest BCUT2D eigenvalue weighted by atomic mass is 35.5. The number of halogens is 2. The summed E-state index contributed by atoms with van der Waals surface area (Å²) in [5.41, 5.74) is 0.895. The minimum absolute atomic E-state index is 0.0163. The quantitative estimate of drug-likeness (QED) is 0.533. The third kappa shape index (κ3) is 4.50. The van der Waals surface area contributed by atoms with Gasteiger partial charge in [0.15, 0.2) is 9.84 Å². The summed E-state index contributed by atoms with van der Waals surface area (Å²) in [4.78, 5) is 13.6. The zero-order valence-electron chi connectivity index (χ0n) is 14.0. The molecule has 1 aliphatic rings.